The van der Waals surface area contributed by atoms with E-state index in [-0.39, 0.29) is 18.8 Å². The van der Waals surface area contributed by atoms with E-state index in [1.54, 1.807) is 36.7 Å². The minimum absolute atomic E-state index is 0.104. The zero-order valence-electron chi connectivity index (χ0n) is 15.3. The van der Waals surface area contributed by atoms with Crippen molar-refractivity contribution in [1.29, 1.82) is 0 Å². The van der Waals surface area contributed by atoms with Gasteiger partial charge in [0.25, 0.3) is 0 Å². The summed E-state index contributed by atoms with van der Waals surface area (Å²) in [5.41, 5.74) is 2.22. The summed E-state index contributed by atoms with van der Waals surface area (Å²) >= 11 is 0. The predicted octanol–water partition coefficient (Wildman–Crippen LogP) is 2.78. The minimum Gasteiger partial charge on any atom is -0.434 e. The van der Waals surface area contributed by atoms with Crippen LogP contribution in [0.5, 0.6) is 5.75 Å². The number of guanidine groups is 1. The Hall–Kier alpha value is -2.74. The molecule has 0 amide bonds. The molecule has 0 aliphatic carbocycles. The summed E-state index contributed by atoms with van der Waals surface area (Å²) in [5.74, 6) is 0.571. The summed E-state index contributed by atoms with van der Waals surface area (Å²) < 4.78 is 29.7. The number of pyridine rings is 1. The van der Waals surface area contributed by atoms with Gasteiger partial charge in [0, 0.05) is 31.0 Å². The molecule has 0 aliphatic heterocycles. The Morgan fingerprint density at radius 1 is 1.22 bits per heavy atom. The number of ether oxygens (including phenoxy) is 1. The second-order valence-corrected chi connectivity index (χ2v) is 5.86. The van der Waals surface area contributed by atoms with Crippen LogP contribution in [0.25, 0.3) is 0 Å². The van der Waals surface area contributed by atoms with Crippen LogP contribution >= 0.6 is 0 Å². The van der Waals surface area contributed by atoms with E-state index in [9.17, 15) is 13.9 Å². The Kier molecular flexibility index (Phi) is 7.94. The Morgan fingerprint density at radius 2 is 1.96 bits per heavy atom. The van der Waals surface area contributed by atoms with Gasteiger partial charge < -0.3 is 20.5 Å². The van der Waals surface area contributed by atoms with Crippen molar-refractivity contribution in [1.82, 2.24) is 15.6 Å². The molecule has 2 aromatic rings. The summed E-state index contributed by atoms with van der Waals surface area (Å²) in [4.78, 5) is 8.32. The van der Waals surface area contributed by atoms with E-state index in [0.29, 0.717) is 18.1 Å². The SMILES string of the molecule is CCNC(=NCc1cc(C)ccc1OC(F)F)NCC(O)c1ccncc1. The second-order valence-electron chi connectivity index (χ2n) is 5.86. The highest BCUT2D eigenvalue weighted by Crippen LogP contribution is 2.23. The molecule has 1 atom stereocenters. The third-order valence-corrected chi connectivity index (χ3v) is 3.74. The number of benzene rings is 1. The van der Waals surface area contributed by atoms with Gasteiger partial charge in [0.2, 0.25) is 0 Å². The number of hydrogen-bond donors (Lipinski definition) is 3. The van der Waals surface area contributed by atoms with Gasteiger partial charge in [-0.15, -0.1) is 0 Å². The fourth-order valence-electron chi connectivity index (χ4n) is 2.45. The van der Waals surface area contributed by atoms with Crippen LogP contribution in [0.2, 0.25) is 0 Å². The molecular formula is C19H24F2N4O2. The molecule has 2 rings (SSSR count). The third kappa shape index (κ3) is 6.82. The first-order valence-electron chi connectivity index (χ1n) is 8.64. The number of alkyl halides is 2. The van der Waals surface area contributed by atoms with Gasteiger partial charge in [0.15, 0.2) is 5.96 Å². The maximum atomic E-state index is 12.6. The number of aryl methyl sites for hydroxylation is 1. The van der Waals surface area contributed by atoms with Crippen molar-refractivity contribution in [3.63, 3.8) is 0 Å². The van der Waals surface area contributed by atoms with Gasteiger partial charge in [-0.2, -0.15) is 8.78 Å². The van der Waals surface area contributed by atoms with Gasteiger partial charge in [0.1, 0.15) is 5.75 Å². The van der Waals surface area contributed by atoms with E-state index in [2.05, 4.69) is 25.3 Å². The van der Waals surface area contributed by atoms with E-state index in [1.165, 1.54) is 6.07 Å². The fraction of sp³-hybridized carbons (Fsp3) is 0.368. The minimum atomic E-state index is -2.89. The van der Waals surface area contributed by atoms with Gasteiger partial charge in [-0.1, -0.05) is 17.7 Å². The predicted molar refractivity (Wildman–Crippen MR) is 99.8 cm³/mol. The molecule has 8 heteroatoms. The van der Waals surface area contributed by atoms with Crippen LogP contribution in [0.1, 0.15) is 29.7 Å². The summed E-state index contributed by atoms with van der Waals surface area (Å²) in [7, 11) is 0. The van der Waals surface area contributed by atoms with E-state index < -0.39 is 12.7 Å². The van der Waals surface area contributed by atoms with Crippen LogP contribution < -0.4 is 15.4 Å². The summed E-state index contributed by atoms with van der Waals surface area (Å²) in [6.07, 6.45) is 2.49. The molecule has 0 radical (unpaired) electrons. The fourth-order valence-corrected chi connectivity index (χ4v) is 2.45. The van der Waals surface area contributed by atoms with Crippen LogP contribution in [0, 0.1) is 6.92 Å². The summed E-state index contributed by atoms with van der Waals surface area (Å²) in [6, 6.07) is 8.45. The Morgan fingerprint density at radius 3 is 2.63 bits per heavy atom. The molecule has 0 fully saturated rings. The monoisotopic (exact) mass is 378 g/mol. The molecule has 6 nitrogen and oxygen atoms in total. The number of hydrogen-bond acceptors (Lipinski definition) is 4. The first-order chi connectivity index (χ1) is 13.0. The lowest BCUT2D eigenvalue weighted by Crippen LogP contribution is -2.39. The van der Waals surface area contributed by atoms with Crippen molar-refractivity contribution in [3.05, 3.63) is 59.4 Å². The topological polar surface area (TPSA) is 78.8 Å². The van der Waals surface area contributed by atoms with Crippen molar-refractivity contribution in [2.75, 3.05) is 13.1 Å². The van der Waals surface area contributed by atoms with Gasteiger partial charge in [-0.3, -0.25) is 4.98 Å². The largest absolute Gasteiger partial charge is 0.434 e. The molecule has 27 heavy (non-hydrogen) atoms. The number of aliphatic imine (C=N–C) groups is 1. The van der Waals surface area contributed by atoms with Crippen molar-refractivity contribution < 1.29 is 18.6 Å². The van der Waals surface area contributed by atoms with E-state index in [1.807, 2.05) is 13.8 Å². The van der Waals surface area contributed by atoms with Gasteiger partial charge in [-0.25, -0.2) is 4.99 Å². The Labute approximate surface area is 157 Å². The van der Waals surface area contributed by atoms with Crippen LogP contribution in [0.4, 0.5) is 8.78 Å². The second kappa shape index (κ2) is 10.4. The zero-order valence-corrected chi connectivity index (χ0v) is 15.3. The Bertz CT molecular complexity index is 742. The number of aliphatic hydroxyl groups excluding tert-OH is 1. The van der Waals surface area contributed by atoms with Gasteiger partial charge in [-0.05, 0) is 37.6 Å². The molecule has 1 unspecified atom stereocenters. The lowest BCUT2D eigenvalue weighted by Gasteiger charge is -2.16. The molecule has 3 N–H and O–H groups in total. The number of rotatable bonds is 8. The highest BCUT2D eigenvalue weighted by Gasteiger charge is 2.11. The van der Waals surface area contributed by atoms with Crippen molar-refractivity contribution in [2.24, 2.45) is 4.99 Å². The molecule has 0 saturated carbocycles. The van der Waals surface area contributed by atoms with E-state index in [0.717, 1.165) is 11.1 Å². The molecule has 1 heterocycles. The highest BCUT2D eigenvalue weighted by atomic mass is 19.3. The van der Waals surface area contributed by atoms with E-state index >= 15 is 0 Å². The van der Waals surface area contributed by atoms with E-state index in [4.69, 9.17) is 0 Å². The number of nitrogens with zero attached hydrogens (tertiary/aromatic N) is 2. The molecular weight excluding hydrogens is 354 g/mol. The molecule has 0 bridgehead atoms. The van der Waals surface area contributed by atoms with Crippen LogP contribution in [-0.2, 0) is 6.54 Å². The van der Waals surface area contributed by atoms with Gasteiger partial charge in [0.05, 0.1) is 12.6 Å². The molecule has 0 aliphatic rings. The summed E-state index contributed by atoms with van der Waals surface area (Å²) in [6.45, 7) is 1.90. The third-order valence-electron chi connectivity index (χ3n) is 3.74. The lowest BCUT2D eigenvalue weighted by atomic mass is 10.1. The zero-order chi connectivity index (χ0) is 19.6. The smallest absolute Gasteiger partial charge is 0.387 e. The average Bonchev–Trinajstić information content (AvgIpc) is 2.66. The average molecular weight is 378 g/mol. The lowest BCUT2D eigenvalue weighted by molar-refractivity contribution is -0.0504. The molecule has 0 saturated heterocycles. The highest BCUT2D eigenvalue weighted by molar-refractivity contribution is 5.79. The molecule has 146 valence electrons. The van der Waals surface area contributed by atoms with Gasteiger partial charge >= 0.3 is 6.61 Å². The van der Waals surface area contributed by atoms with Crippen LogP contribution in [0.15, 0.2) is 47.7 Å². The molecule has 1 aromatic heterocycles. The maximum Gasteiger partial charge on any atom is 0.387 e. The standard InChI is InChI=1S/C19H24F2N4O2/c1-3-23-19(25-12-16(26)14-6-8-22-9-7-14)24-11-15-10-13(2)4-5-17(15)27-18(20)21/h4-10,16,18,26H,3,11-12H2,1-2H3,(H2,23,24,25). The van der Waals surface area contributed by atoms with Crippen molar-refractivity contribution in [2.45, 2.75) is 33.1 Å². The number of halogens is 2. The first-order valence-corrected chi connectivity index (χ1v) is 8.64. The van der Waals surface area contributed by atoms with Crippen molar-refractivity contribution >= 4 is 5.96 Å². The van der Waals surface area contributed by atoms with Crippen LogP contribution in [-0.4, -0.2) is 35.8 Å². The number of nitrogens with one attached hydrogen (secondary N) is 2. The summed E-state index contributed by atoms with van der Waals surface area (Å²) in [5, 5.41) is 16.3. The molecule has 0 spiro atoms. The van der Waals surface area contributed by atoms with Crippen LogP contribution in [0.3, 0.4) is 0 Å². The number of aliphatic hydroxyl groups is 1. The first kappa shape index (κ1) is 20.6. The Balaban J connectivity index is 2.06. The maximum absolute atomic E-state index is 12.6. The normalized spacial score (nSPS) is 12.7. The quantitative estimate of drug-likeness (QED) is 0.486. The molecule has 1 aromatic carbocycles. The van der Waals surface area contributed by atoms with Crippen molar-refractivity contribution in [3.8, 4) is 5.75 Å². The number of aromatic nitrogens is 1.